The SMILES string of the molecule is N#C/N=C(\N1CCc2ccccc2C1)N1CCC(C(=O)N2CC[C@H](c3ccccc3)C2)C(C(=O)NO)C1. The topological polar surface area (TPSA) is 112 Å². The van der Waals surface area contributed by atoms with Crippen molar-refractivity contribution in [3.8, 4) is 6.19 Å². The molecule has 3 aliphatic rings. The van der Waals surface area contributed by atoms with E-state index in [0.717, 1.165) is 12.8 Å². The average molecular weight is 501 g/mol. The van der Waals surface area contributed by atoms with E-state index in [1.165, 1.54) is 16.7 Å². The molecule has 2 fully saturated rings. The van der Waals surface area contributed by atoms with Gasteiger partial charge in [-0.25, -0.2) is 5.48 Å². The molecule has 3 atom stereocenters. The molecule has 0 aliphatic carbocycles. The number of hydrogen-bond donors (Lipinski definition) is 2. The van der Waals surface area contributed by atoms with Crippen LogP contribution in [-0.4, -0.2) is 70.4 Å². The Morgan fingerprint density at radius 3 is 2.38 bits per heavy atom. The number of nitriles is 1. The van der Waals surface area contributed by atoms with Gasteiger partial charge >= 0.3 is 0 Å². The number of nitrogens with zero attached hydrogens (tertiary/aromatic N) is 5. The summed E-state index contributed by atoms with van der Waals surface area (Å²) in [4.78, 5) is 36.4. The highest BCUT2D eigenvalue weighted by atomic mass is 16.5. The number of benzene rings is 2. The molecule has 3 aliphatic heterocycles. The number of likely N-dealkylation sites (tertiary alicyclic amines) is 2. The Morgan fingerprint density at radius 1 is 0.892 bits per heavy atom. The number of nitrogens with one attached hydrogen (secondary N) is 1. The minimum Gasteiger partial charge on any atom is -0.342 e. The molecule has 2 N–H and O–H groups in total. The summed E-state index contributed by atoms with van der Waals surface area (Å²) in [5.74, 6) is -1.11. The number of piperidine rings is 1. The summed E-state index contributed by atoms with van der Waals surface area (Å²) in [5.41, 5.74) is 5.47. The summed E-state index contributed by atoms with van der Waals surface area (Å²) in [7, 11) is 0. The van der Waals surface area contributed by atoms with E-state index in [1.54, 1.807) is 5.48 Å². The molecule has 3 heterocycles. The molecule has 0 bridgehead atoms. The lowest BCUT2D eigenvalue weighted by Gasteiger charge is -2.42. The normalized spacial score (nSPS) is 23.8. The molecule has 2 unspecified atom stereocenters. The number of hydroxylamine groups is 1. The van der Waals surface area contributed by atoms with Crippen LogP contribution >= 0.6 is 0 Å². The fourth-order valence-electron chi connectivity index (χ4n) is 6.02. The number of carbonyl (C=O) groups excluding carboxylic acids is 2. The molecule has 37 heavy (non-hydrogen) atoms. The second kappa shape index (κ2) is 11.0. The Morgan fingerprint density at radius 2 is 1.62 bits per heavy atom. The molecular formula is C28H32N6O3. The van der Waals surface area contributed by atoms with Gasteiger partial charge in [-0.1, -0.05) is 54.6 Å². The van der Waals surface area contributed by atoms with Crippen LogP contribution in [0.2, 0.25) is 0 Å². The second-order valence-corrected chi connectivity index (χ2v) is 10.1. The van der Waals surface area contributed by atoms with Gasteiger partial charge in [0.1, 0.15) is 0 Å². The molecule has 2 aromatic carbocycles. The van der Waals surface area contributed by atoms with Crippen LogP contribution in [0.1, 0.15) is 35.4 Å². The second-order valence-electron chi connectivity index (χ2n) is 10.1. The summed E-state index contributed by atoms with van der Waals surface area (Å²) < 4.78 is 0. The molecule has 2 aromatic rings. The smallest absolute Gasteiger partial charge is 0.249 e. The maximum Gasteiger partial charge on any atom is 0.249 e. The highest BCUT2D eigenvalue weighted by Gasteiger charge is 2.43. The van der Waals surface area contributed by atoms with Gasteiger partial charge in [0, 0.05) is 45.2 Å². The maximum absolute atomic E-state index is 13.6. The zero-order chi connectivity index (χ0) is 25.8. The predicted octanol–water partition coefficient (Wildman–Crippen LogP) is 2.34. The van der Waals surface area contributed by atoms with Crippen LogP contribution in [-0.2, 0) is 22.6 Å². The highest BCUT2D eigenvalue weighted by molar-refractivity contribution is 5.89. The first kappa shape index (κ1) is 24.8. The van der Waals surface area contributed by atoms with Gasteiger partial charge < -0.3 is 14.7 Å². The van der Waals surface area contributed by atoms with Crippen molar-refractivity contribution in [3.63, 3.8) is 0 Å². The molecular weight excluding hydrogens is 468 g/mol. The average Bonchev–Trinajstić information content (AvgIpc) is 3.45. The van der Waals surface area contributed by atoms with E-state index in [1.807, 2.05) is 46.3 Å². The van der Waals surface area contributed by atoms with Gasteiger partial charge in [-0.2, -0.15) is 5.26 Å². The van der Waals surface area contributed by atoms with E-state index in [2.05, 4.69) is 34.2 Å². The van der Waals surface area contributed by atoms with Crippen molar-refractivity contribution in [1.82, 2.24) is 20.2 Å². The van der Waals surface area contributed by atoms with Crippen LogP contribution in [0.3, 0.4) is 0 Å². The number of rotatable bonds is 3. The minimum absolute atomic E-state index is 0.0441. The van der Waals surface area contributed by atoms with Crippen molar-refractivity contribution in [2.75, 3.05) is 32.7 Å². The molecule has 192 valence electrons. The summed E-state index contributed by atoms with van der Waals surface area (Å²) in [6.07, 6.45) is 4.10. The number of fused-ring (bicyclic) bond motifs is 1. The van der Waals surface area contributed by atoms with Crippen molar-refractivity contribution in [2.45, 2.75) is 31.7 Å². The number of amides is 2. The van der Waals surface area contributed by atoms with Gasteiger partial charge in [0.05, 0.1) is 11.8 Å². The largest absolute Gasteiger partial charge is 0.342 e. The molecule has 0 radical (unpaired) electrons. The molecule has 0 spiro atoms. The Hall–Kier alpha value is -3.90. The summed E-state index contributed by atoms with van der Waals surface area (Å²) in [6.45, 7) is 3.33. The number of guanidine groups is 1. The lowest BCUT2D eigenvalue weighted by molar-refractivity contribution is -0.147. The van der Waals surface area contributed by atoms with Gasteiger partial charge in [-0.15, -0.1) is 4.99 Å². The number of hydrogen-bond acceptors (Lipinski definition) is 5. The number of carbonyl (C=O) groups is 2. The standard InChI is InChI=1S/C28H32N6O3/c29-19-30-28(33-14-10-21-8-4-5-9-22(21)17-33)34-15-12-24(25(18-34)26(35)31-37)27(36)32-13-11-23(16-32)20-6-2-1-3-7-20/h1-9,23-25,37H,10-18H2,(H,31,35)/b30-28+/t23-,24?,25?/m0/s1. The van der Waals surface area contributed by atoms with E-state index in [4.69, 9.17) is 0 Å². The fourth-order valence-corrected chi connectivity index (χ4v) is 6.02. The Bertz CT molecular complexity index is 1210. The third-order valence-electron chi connectivity index (χ3n) is 7.99. The molecule has 5 rings (SSSR count). The van der Waals surface area contributed by atoms with E-state index < -0.39 is 17.7 Å². The van der Waals surface area contributed by atoms with Crippen LogP contribution in [0.5, 0.6) is 0 Å². The molecule has 0 aromatic heterocycles. The predicted molar refractivity (Wildman–Crippen MR) is 137 cm³/mol. The van der Waals surface area contributed by atoms with Crippen molar-refractivity contribution < 1.29 is 14.8 Å². The van der Waals surface area contributed by atoms with Crippen molar-refractivity contribution in [3.05, 3.63) is 71.3 Å². The summed E-state index contributed by atoms with van der Waals surface area (Å²) >= 11 is 0. The Balaban J connectivity index is 1.30. The van der Waals surface area contributed by atoms with E-state index in [9.17, 15) is 20.1 Å². The first-order valence-corrected chi connectivity index (χ1v) is 12.9. The minimum atomic E-state index is -0.747. The van der Waals surface area contributed by atoms with Gasteiger partial charge in [0.15, 0.2) is 0 Å². The molecule has 2 saturated heterocycles. The van der Waals surface area contributed by atoms with Crippen LogP contribution in [0.15, 0.2) is 59.6 Å². The van der Waals surface area contributed by atoms with Crippen molar-refractivity contribution in [1.29, 1.82) is 5.26 Å². The molecule has 9 heteroatoms. The van der Waals surface area contributed by atoms with Crippen molar-refractivity contribution >= 4 is 17.8 Å². The zero-order valence-corrected chi connectivity index (χ0v) is 20.8. The Labute approximate surface area is 216 Å². The fraction of sp³-hybridized carbons (Fsp3) is 0.429. The van der Waals surface area contributed by atoms with E-state index >= 15 is 0 Å². The molecule has 9 nitrogen and oxygen atoms in total. The van der Waals surface area contributed by atoms with Crippen LogP contribution in [0, 0.1) is 23.3 Å². The van der Waals surface area contributed by atoms with Crippen LogP contribution in [0.25, 0.3) is 0 Å². The first-order chi connectivity index (χ1) is 18.1. The van der Waals surface area contributed by atoms with Crippen molar-refractivity contribution in [2.24, 2.45) is 16.8 Å². The zero-order valence-electron chi connectivity index (χ0n) is 20.8. The van der Waals surface area contributed by atoms with Gasteiger partial charge in [-0.3, -0.25) is 14.8 Å². The van der Waals surface area contributed by atoms with Crippen LogP contribution < -0.4 is 5.48 Å². The third kappa shape index (κ3) is 5.16. The van der Waals surface area contributed by atoms with E-state index in [-0.39, 0.29) is 18.4 Å². The van der Waals surface area contributed by atoms with E-state index in [0.29, 0.717) is 45.1 Å². The van der Waals surface area contributed by atoms with Gasteiger partial charge in [-0.05, 0) is 36.0 Å². The van der Waals surface area contributed by atoms with Gasteiger partial charge in [0.25, 0.3) is 0 Å². The first-order valence-electron chi connectivity index (χ1n) is 12.9. The van der Waals surface area contributed by atoms with Gasteiger partial charge in [0.2, 0.25) is 24.0 Å². The Kier molecular flexibility index (Phi) is 7.37. The summed E-state index contributed by atoms with van der Waals surface area (Å²) in [5, 5.41) is 18.9. The monoisotopic (exact) mass is 500 g/mol. The number of aliphatic imine (C=N–C) groups is 1. The lowest BCUT2D eigenvalue weighted by Crippen LogP contribution is -2.56. The molecule has 2 amide bonds. The lowest BCUT2D eigenvalue weighted by atomic mass is 9.83. The highest BCUT2D eigenvalue weighted by Crippen LogP contribution is 2.32. The summed E-state index contributed by atoms with van der Waals surface area (Å²) in [6, 6.07) is 18.4. The maximum atomic E-state index is 13.6. The molecule has 0 saturated carbocycles. The van der Waals surface area contributed by atoms with Crippen LogP contribution in [0.4, 0.5) is 0 Å². The quantitative estimate of drug-likeness (QED) is 0.220. The third-order valence-corrected chi connectivity index (χ3v) is 7.99.